The smallest absolute Gasteiger partial charge is 0.257 e. The van der Waals surface area contributed by atoms with Crippen LogP contribution in [0.25, 0.3) is 10.9 Å². The second kappa shape index (κ2) is 8.26. The van der Waals surface area contributed by atoms with E-state index in [4.69, 9.17) is 15.2 Å². The summed E-state index contributed by atoms with van der Waals surface area (Å²) in [5.74, 6) is 2.59. The van der Waals surface area contributed by atoms with Gasteiger partial charge < -0.3 is 25.4 Å². The number of hydrogen-bond acceptors (Lipinski definition) is 8. The molecule has 8 heteroatoms. The molecule has 146 valence electrons. The standard InChI is InChI=1S/C20H24N6O2/c1-14-13-22-8-9-26(14)19-20(24-7-6-23-19)28-11-10-27-16-3-4-17-15(12-16)2-5-18(21)25-17/h2-7,12,14,22H,8-11,13H2,1H3,(H2,21,25). The zero-order chi connectivity index (χ0) is 19.3. The van der Waals surface area contributed by atoms with E-state index in [1.54, 1.807) is 18.5 Å². The summed E-state index contributed by atoms with van der Waals surface area (Å²) in [4.78, 5) is 15.4. The van der Waals surface area contributed by atoms with Gasteiger partial charge in [-0.05, 0) is 37.3 Å². The lowest BCUT2D eigenvalue weighted by molar-refractivity contribution is 0.211. The first-order valence-corrected chi connectivity index (χ1v) is 9.41. The molecule has 0 aliphatic carbocycles. The minimum absolute atomic E-state index is 0.337. The summed E-state index contributed by atoms with van der Waals surface area (Å²) in [6.07, 6.45) is 3.35. The van der Waals surface area contributed by atoms with Gasteiger partial charge in [0.2, 0.25) is 0 Å². The fraction of sp³-hybridized carbons (Fsp3) is 0.350. The van der Waals surface area contributed by atoms with E-state index in [0.717, 1.165) is 42.1 Å². The van der Waals surface area contributed by atoms with E-state index >= 15 is 0 Å². The maximum absolute atomic E-state index is 5.87. The molecule has 0 spiro atoms. The van der Waals surface area contributed by atoms with Gasteiger partial charge in [0.1, 0.15) is 24.8 Å². The predicted octanol–water partition coefficient (Wildman–Crippen LogP) is 1.86. The molecule has 0 bridgehead atoms. The molecule has 1 aliphatic heterocycles. The lowest BCUT2D eigenvalue weighted by Crippen LogP contribution is -2.50. The van der Waals surface area contributed by atoms with Crippen LogP contribution in [0, 0.1) is 0 Å². The number of piperazine rings is 1. The van der Waals surface area contributed by atoms with Crippen molar-refractivity contribution < 1.29 is 9.47 Å². The predicted molar refractivity (Wildman–Crippen MR) is 109 cm³/mol. The van der Waals surface area contributed by atoms with Crippen molar-refractivity contribution in [3.05, 3.63) is 42.7 Å². The van der Waals surface area contributed by atoms with Crippen LogP contribution in [0.2, 0.25) is 0 Å². The average molecular weight is 380 g/mol. The fourth-order valence-electron chi connectivity index (χ4n) is 3.28. The Morgan fingerprint density at radius 3 is 2.89 bits per heavy atom. The van der Waals surface area contributed by atoms with Gasteiger partial charge in [-0.25, -0.2) is 15.0 Å². The summed E-state index contributed by atoms with van der Waals surface area (Å²) in [7, 11) is 0. The van der Waals surface area contributed by atoms with Crippen molar-refractivity contribution in [3.63, 3.8) is 0 Å². The number of aromatic nitrogens is 3. The van der Waals surface area contributed by atoms with Gasteiger partial charge in [-0.2, -0.15) is 0 Å². The fourth-order valence-corrected chi connectivity index (χ4v) is 3.28. The van der Waals surface area contributed by atoms with Crippen molar-refractivity contribution in [3.8, 4) is 11.6 Å². The van der Waals surface area contributed by atoms with E-state index in [9.17, 15) is 0 Å². The highest BCUT2D eigenvalue weighted by Crippen LogP contribution is 2.25. The van der Waals surface area contributed by atoms with E-state index in [0.29, 0.717) is 31.0 Å². The molecule has 3 N–H and O–H groups in total. The molecule has 4 rings (SSSR count). The molecule has 1 atom stereocenters. The highest BCUT2D eigenvalue weighted by Gasteiger charge is 2.23. The molecule has 0 saturated carbocycles. The number of nitrogens with two attached hydrogens (primary N) is 1. The first kappa shape index (κ1) is 18.2. The summed E-state index contributed by atoms with van der Waals surface area (Å²) in [5.41, 5.74) is 6.56. The van der Waals surface area contributed by atoms with Crippen molar-refractivity contribution >= 4 is 22.5 Å². The number of benzene rings is 1. The van der Waals surface area contributed by atoms with E-state index in [2.05, 4.69) is 32.1 Å². The lowest BCUT2D eigenvalue weighted by Gasteiger charge is -2.35. The molecule has 1 aromatic carbocycles. The Labute approximate surface area is 163 Å². The number of nitrogen functional groups attached to an aromatic ring is 1. The quantitative estimate of drug-likeness (QED) is 0.626. The van der Waals surface area contributed by atoms with Crippen LogP contribution < -0.4 is 25.4 Å². The van der Waals surface area contributed by atoms with E-state index < -0.39 is 0 Å². The summed E-state index contributed by atoms with van der Waals surface area (Å²) in [6, 6.07) is 9.77. The van der Waals surface area contributed by atoms with Crippen molar-refractivity contribution in [2.24, 2.45) is 0 Å². The lowest BCUT2D eigenvalue weighted by atomic mass is 10.2. The zero-order valence-electron chi connectivity index (χ0n) is 15.8. The molecule has 3 heterocycles. The second-order valence-electron chi connectivity index (χ2n) is 6.72. The summed E-state index contributed by atoms with van der Waals surface area (Å²) in [5, 5.41) is 4.36. The van der Waals surface area contributed by atoms with Gasteiger partial charge in [-0.3, -0.25) is 0 Å². The normalized spacial score (nSPS) is 16.9. The van der Waals surface area contributed by atoms with Crippen molar-refractivity contribution in [2.75, 3.05) is 43.5 Å². The van der Waals surface area contributed by atoms with Crippen LogP contribution >= 0.6 is 0 Å². The molecular formula is C20H24N6O2. The number of hydrogen-bond donors (Lipinski definition) is 2. The Hall–Kier alpha value is -3.13. The van der Waals surface area contributed by atoms with E-state index in [1.165, 1.54) is 0 Å². The third-order valence-electron chi connectivity index (χ3n) is 4.69. The van der Waals surface area contributed by atoms with Crippen LogP contribution in [-0.4, -0.2) is 53.8 Å². The molecule has 1 saturated heterocycles. The van der Waals surface area contributed by atoms with E-state index in [1.807, 2.05) is 24.3 Å². The number of anilines is 2. The van der Waals surface area contributed by atoms with Gasteiger partial charge in [0.15, 0.2) is 5.82 Å². The first-order chi connectivity index (χ1) is 13.7. The maximum atomic E-state index is 5.87. The molecule has 2 aromatic heterocycles. The zero-order valence-corrected chi connectivity index (χ0v) is 15.8. The molecule has 8 nitrogen and oxygen atoms in total. The van der Waals surface area contributed by atoms with Crippen molar-refractivity contribution in [1.82, 2.24) is 20.3 Å². The van der Waals surface area contributed by atoms with Crippen LogP contribution in [0.1, 0.15) is 6.92 Å². The molecule has 1 fully saturated rings. The van der Waals surface area contributed by atoms with Gasteiger partial charge in [-0.1, -0.05) is 0 Å². The number of nitrogens with zero attached hydrogens (tertiary/aromatic N) is 4. The van der Waals surface area contributed by atoms with Crippen molar-refractivity contribution in [1.29, 1.82) is 0 Å². The minimum atomic E-state index is 0.337. The SMILES string of the molecule is CC1CNCCN1c1nccnc1OCCOc1ccc2nc(N)ccc2c1. The largest absolute Gasteiger partial charge is 0.490 e. The van der Waals surface area contributed by atoms with Crippen LogP contribution in [0.3, 0.4) is 0 Å². The maximum Gasteiger partial charge on any atom is 0.257 e. The van der Waals surface area contributed by atoms with Gasteiger partial charge in [0, 0.05) is 43.5 Å². The van der Waals surface area contributed by atoms with Gasteiger partial charge in [0.25, 0.3) is 5.88 Å². The number of fused-ring (bicyclic) bond motifs is 1. The Balaban J connectivity index is 1.36. The van der Waals surface area contributed by atoms with Gasteiger partial charge in [0.05, 0.1) is 5.52 Å². The first-order valence-electron chi connectivity index (χ1n) is 9.41. The number of nitrogens with one attached hydrogen (secondary N) is 1. The molecule has 1 unspecified atom stereocenters. The Bertz CT molecular complexity index is 951. The Morgan fingerprint density at radius 2 is 2.00 bits per heavy atom. The highest BCUT2D eigenvalue weighted by atomic mass is 16.5. The molecular weight excluding hydrogens is 356 g/mol. The van der Waals surface area contributed by atoms with Crippen molar-refractivity contribution in [2.45, 2.75) is 13.0 Å². The van der Waals surface area contributed by atoms with Crippen LogP contribution in [0.5, 0.6) is 11.6 Å². The molecule has 0 amide bonds. The molecule has 1 aliphatic rings. The number of pyridine rings is 1. The van der Waals surface area contributed by atoms with Gasteiger partial charge >= 0.3 is 0 Å². The Kier molecular flexibility index (Phi) is 5.38. The summed E-state index contributed by atoms with van der Waals surface area (Å²) < 4.78 is 11.7. The summed E-state index contributed by atoms with van der Waals surface area (Å²) in [6.45, 7) is 5.66. The number of rotatable bonds is 6. The molecule has 0 radical (unpaired) electrons. The van der Waals surface area contributed by atoms with E-state index in [-0.39, 0.29) is 0 Å². The second-order valence-corrected chi connectivity index (χ2v) is 6.72. The molecule has 3 aromatic rings. The third-order valence-corrected chi connectivity index (χ3v) is 4.69. The van der Waals surface area contributed by atoms with Gasteiger partial charge in [-0.15, -0.1) is 0 Å². The topological polar surface area (TPSA) is 98.4 Å². The Morgan fingerprint density at radius 1 is 1.14 bits per heavy atom. The average Bonchev–Trinajstić information content (AvgIpc) is 2.72. The van der Waals surface area contributed by atoms with Crippen LogP contribution in [0.4, 0.5) is 11.6 Å². The molecule has 28 heavy (non-hydrogen) atoms. The van der Waals surface area contributed by atoms with Crippen LogP contribution in [-0.2, 0) is 0 Å². The third kappa shape index (κ3) is 4.07. The number of ether oxygens (including phenoxy) is 2. The summed E-state index contributed by atoms with van der Waals surface area (Å²) >= 11 is 0. The monoisotopic (exact) mass is 380 g/mol. The van der Waals surface area contributed by atoms with Crippen LogP contribution in [0.15, 0.2) is 42.7 Å². The minimum Gasteiger partial charge on any atom is -0.490 e. The highest BCUT2D eigenvalue weighted by molar-refractivity contribution is 5.81.